The summed E-state index contributed by atoms with van der Waals surface area (Å²) in [7, 11) is -3.36. The van der Waals surface area contributed by atoms with E-state index in [9.17, 15) is 0 Å². The van der Waals surface area contributed by atoms with Gasteiger partial charge in [-0.15, -0.1) is 0 Å². The van der Waals surface area contributed by atoms with Crippen LogP contribution in [-0.2, 0) is 22.8 Å². The summed E-state index contributed by atoms with van der Waals surface area (Å²) in [6, 6.07) is 0. The van der Waals surface area contributed by atoms with E-state index < -0.39 is 18.3 Å². The maximum Gasteiger partial charge on any atom is 0.497 e. The van der Waals surface area contributed by atoms with Gasteiger partial charge < -0.3 is 22.8 Å². The van der Waals surface area contributed by atoms with Gasteiger partial charge in [0.25, 0.3) is 0 Å². The van der Waals surface area contributed by atoms with E-state index in [-0.39, 0.29) is 17.1 Å². The highest BCUT2D eigenvalue weighted by molar-refractivity contribution is 6.71. The zero-order valence-electron chi connectivity index (χ0n) is 16.7. The molecule has 0 rings (SSSR count). The van der Waals surface area contributed by atoms with Gasteiger partial charge in [0.1, 0.15) is 5.91 Å². The van der Waals surface area contributed by atoms with Gasteiger partial charge >= 0.3 is 8.80 Å². The van der Waals surface area contributed by atoms with Crippen molar-refractivity contribution in [3.05, 3.63) is 0 Å². The fourth-order valence-corrected chi connectivity index (χ4v) is 9.12. The Kier molecular flexibility index (Phi) is 10.4. The first-order valence-corrected chi connectivity index (χ1v) is 12.5. The highest BCUT2D eigenvalue weighted by Crippen LogP contribution is 2.21. The van der Waals surface area contributed by atoms with Crippen LogP contribution in [0.4, 0.5) is 0 Å². The average molecular weight is 367 g/mol. The van der Waals surface area contributed by atoms with Crippen molar-refractivity contribution in [2.45, 2.75) is 85.1 Å². The molecule has 5 nitrogen and oxygen atoms in total. The van der Waals surface area contributed by atoms with Crippen molar-refractivity contribution >= 4 is 18.3 Å². The van der Waals surface area contributed by atoms with Crippen molar-refractivity contribution in [1.82, 2.24) is 0 Å². The van der Waals surface area contributed by atoms with Crippen molar-refractivity contribution < 1.29 is 22.8 Å². The zero-order valence-corrected chi connectivity index (χ0v) is 19.1. The fraction of sp³-hybridized carbons (Fsp3) is 1.00. The highest BCUT2D eigenvalue weighted by Gasteiger charge is 2.41. The Morgan fingerprint density at radius 1 is 0.739 bits per heavy atom. The number of ether oxygens (including phenoxy) is 2. The lowest BCUT2D eigenvalue weighted by Crippen LogP contribution is -2.50. The monoisotopic (exact) mass is 366 g/mol. The normalized spacial score (nSPS) is 14.3. The highest BCUT2D eigenvalue weighted by atomic mass is 28.4. The second kappa shape index (κ2) is 10.3. The summed E-state index contributed by atoms with van der Waals surface area (Å²) in [5, 5.41) is 0. The molecule has 140 valence electrons. The van der Waals surface area contributed by atoms with Gasteiger partial charge in [-0.1, -0.05) is 0 Å². The summed E-state index contributed by atoms with van der Waals surface area (Å²) >= 11 is 0. The molecular weight excluding hydrogens is 328 g/mol. The van der Waals surface area contributed by atoms with Gasteiger partial charge in [0, 0.05) is 25.5 Å². The van der Waals surface area contributed by atoms with Crippen LogP contribution in [0.1, 0.15) is 62.3 Å². The third kappa shape index (κ3) is 11.4. The molecule has 0 aromatic heterocycles. The Morgan fingerprint density at radius 2 is 1.09 bits per heavy atom. The Morgan fingerprint density at radius 3 is 1.35 bits per heavy atom. The van der Waals surface area contributed by atoms with Crippen LogP contribution in [0.2, 0.25) is 5.67 Å². The van der Waals surface area contributed by atoms with Crippen molar-refractivity contribution in [3.63, 3.8) is 0 Å². The third-order valence-corrected chi connectivity index (χ3v) is 9.34. The molecule has 0 aliphatic rings. The number of rotatable bonds is 11. The summed E-state index contributed by atoms with van der Waals surface area (Å²) in [6.45, 7) is 20.1. The molecule has 0 aromatic carbocycles. The van der Waals surface area contributed by atoms with Gasteiger partial charge in [0.15, 0.2) is 0 Å². The van der Waals surface area contributed by atoms with E-state index in [4.69, 9.17) is 22.8 Å². The van der Waals surface area contributed by atoms with Crippen LogP contribution >= 0.6 is 0 Å². The van der Waals surface area contributed by atoms with Gasteiger partial charge in [0.05, 0.1) is 20.7 Å². The minimum atomic E-state index is -2.61. The van der Waals surface area contributed by atoms with E-state index in [1.807, 2.05) is 20.8 Å². The Bertz CT molecular complexity index is 280. The molecule has 0 saturated carbocycles. The maximum absolute atomic E-state index is 6.14. The van der Waals surface area contributed by atoms with Crippen molar-refractivity contribution in [3.8, 4) is 0 Å². The summed E-state index contributed by atoms with van der Waals surface area (Å²) in [4.78, 5) is 0. The third-order valence-electron chi connectivity index (χ3n) is 2.75. The van der Waals surface area contributed by atoms with Crippen LogP contribution in [-0.4, -0.2) is 55.3 Å². The van der Waals surface area contributed by atoms with Gasteiger partial charge in [-0.05, 0) is 62.3 Å². The summed E-state index contributed by atoms with van der Waals surface area (Å²) in [5.41, 5.74) is 0.339. The van der Waals surface area contributed by atoms with E-state index in [0.717, 1.165) is 5.67 Å². The summed E-state index contributed by atoms with van der Waals surface area (Å²) in [5.74, 6) is -0.178. The molecule has 0 unspecified atom stereocenters. The first-order chi connectivity index (χ1) is 10.5. The lowest BCUT2D eigenvalue weighted by Gasteiger charge is -2.35. The first-order valence-electron chi connectivity index (χ1n) is 8.74. The predicted octanol–water partition coefficient (Wildman–Crippen LogP) is 3.07. The lowest BCUT2D eigenvalue weighted by molar-refractivity contribution is -0.193. The second-order valence-corrected chi connectivity index (χ2v) is 12.9. The van der Waals surface area contributed by atoms with Crippen molar-refractivity contribution in [2.24, 2.45) is 0 Å². The van der Waals surface area contributed by atoms with E-state index >= 15 is 0 Å². The quantitative estimate of drug-likeness (QED) is 0.415. The number of hydrogen-bond acceptors (Lipinski definition) is 5. The van der Waals surface area contributed by atoms with Gasteiger partial charge in [-0.25, -0.2) is 0 Å². The van der Waals surface area contributed by atoms with Crippen LogP contribution in [0.5, 0.6) is 0 Å². The average Bonchev–Trinajstić information content (AvgIpc) is 2.33. The molecule has 0 spiro atoms. The maximum atomic E-state index is 6.14. The largest absolute Gasteiger partial charge is 0.497 e. The first kappa shape index (κ1) is 23.2. The minimum Gasteiger partial charge on any atom is -0.374 e. The standard InChI is InChI=1S/C16H38O5Si2/c1-10-17-23(18-11-2,19-12-3)13-22-14(20-15(4,5)6)21-16(7,8)9/h14H,10-13,22H2,1-9H3. The lowest BCUT2D eigenvalue weighted by atomic mass is 10.2. The topological polar surface area (TPSA) is 46.2 Å². The van der Waals surface area contributed by atoms with Crippen molar-refractivity contribution in [1.29, 1.82) is 0 Å². The van der Waals surface area contributed by atoms with Crippen LogP contribution in [0.25, 0.3) is 0 Å². The van der Waals surface area contributed by atoms with Crippen LogP contribution in [0.3, 0.4) is 0 Å². The SMILES string of the molecule is CCO[Si](C[SiH2]C(OC(C)(C)C)OC(C)(C)C)(OCC)OCC. The molecule has 0 N–H and O–H groups in total. The summed E-state index contributed by atoms with van der Waals surface area (Å²) in [6.07, 6.45) is 0. The Hall–Kier alpha value is 0.234. The molecule has 0 aromatic rings. The van der Waals surface area contributed by atoms with E-state index in [1.165, 1.54) is 0 Å². The van der Waals surface area contributed by atoms with Crippen molar-refractivity contribution in [2.75, 3.05) is 19.8 Å². The van der Waals surface area contributed by atoms with Crippen LogP contribution < -0.4 is 0 Å². The van der Waals surface area contributed by atoms with Crippen LogP contribution in [0, 0.1) is 0 Å². The molecule has 0 fully saturated rings. The number of hydrogen-bond donors (Lipinski definition) is 0. The zero-order chi connectivity index (χ0) is 18.1. The molecular formula is C16H38O5Si2. The molecule has 7 heteroatoms. The van der Waals surface area contributed by atoms with Gasteiger partial charge in [-0.2, -0.15) is 0 Å². The Balaban J connectivity index is 4.98. The summed E-state index contributed by atoms with van der Waals surface area (Å²) < 4.78 is 30.1. The molecule has 0 atom stereocenters. The molecule has 0 amide bonds. The predicted molar refractivity (Wildman–Crippen MR) is 99.4 cm³/mol. The molecule has 0 aliphatic carbocycles. The van der Waals surface area contributed by atoms with E-state index in [1.54, 1.807) is 0 Å². The van der Waals surface area contributed by atoms with Crippen LogP contribution in [0.15, 0.2) is 0 Å². The van der Waals surface area contributed by atoms with E-state index in [2.05, 4.69) is 41.5 Å². The van der Waals surface area contributed by atoms with E-state index in [0.29, 0.717) is 19.8 Å². The molecule has 0 radical (unpaired) electrons. The molecule has 23 heavy (non-hydrogen) atoms. The molecule has 0 aliphatic heterocycles. The minimum absolute atomic E-state index is 0.178. The van der Waals surface area contributed by atoms with Gasteiger partial charge in [0.2, 0.25) is 0 Å². The smallest absolute Gasteiger partial charge is 0.374 e. The molecule has 0 heterocycles. The fourth-order valence-electron chi connectivity index (χ4n) is 2.23. The Labute approximate surface area is 146 Å². The molecule has 0 bridgehead atoms. The molecule has 0 saturated heterocycles. The van der Waals surface area contributed by atoms with Gasteiger partial charge in [-0.3, -0.25) is 0 Å². The second-order valence-electron chi connectivity index (χ2n) is 7.41.